The number of hydrogen-bond acceptors (Lipinski definition) is 3. The van der Waals surface area contributed by atoms with Crippen LogP contribution in [0.4, 0.5) is 4.39 Å². The third-order valence-corrected chi connectivity index (χ3v) is 3.78. The second-order valence-corrected chi connectivity index (χ2v) is 5.30. The summed E-state index contributed by atoms with van der Waals surface area (Å²) in [4.78, 5) is 2.26. The van der Waals surface area contributed by atoms with Crippen LogP contribution in [0.1, 0.15) is 30.9 Å². The van der Waals surface area contributed by atoms with Gasteiger partial charge < -0.3 is 5.11 Å². The Hall–Kier alpha value is -1.44. The van der Waals surface area contributed by atoms with E-state index in [4.69, 9.17) is 5.26 Å². The predicted molar refractivity (Wildman–Crippen MR) is 70.8 cm³/mol. The highest BCUT2D eigenvalue weighted by atomic mass is 19.1. The molecule has 0 amide bonds. The van der Waals surface area contributed by atoms with Crippen molar-refractivity contribution in [2.24, 2.45) is 5.92 Å². The van der Waals surface area contributed by atoms with Crippen LogP contribution in [-0.4, -0.2) is 29.2 Å². The number of aliphatic hydroxyl groups excluding tert-OH is 1. The molecule has 1 heterocycles. The van der Waals surface area contributed by atoms with E-state index in [1.165, 1.54) is 6.07 Å². The van der Waals surface area contributed by atoms with Gasteiger partial charge in [0, 0.05) is 13.1 Å². The summed E-state index contributed by atoms with van der Waals surface area (Å²) < 4.78 is 13.2. The number of rotatable bonds is 3. The first-order chi connectivity index (χ1) is 9.10. The van der Waals surface area contributed by atoms with Gasteiger partial charge in [-0.2, -0.15) is 5.26 Å². The van der Waals surface area contributed by atoms with Gasteiger partial charge in [0.2, 0.25) is 0 Å². The van der Waals surface area contributed by atoms with E-state index < -0.39 is 5.82 Å². The zero-order valence-corrected chi connectivity index (χ0v) is 11.1. The second-order valence-electron chi connectivity index (χ2n) is 5.30. The van der Waals surface area contributed by atoms with Gasteiger partial charge in [0.25, 0.3) is 0 Å². The Kier molecular flexibility index (Phi) is 4.52. The molecule has 3 nitrogen and oxygen atoms in total. The minimum absolute atomic E-state index is 0.0987. The lowest BCUT2D eigenvalue weighted by Crippen LogP contribution is -2.39. The Balaban J connectivity index is 2.03. The van der Waals surface area contributed by atoms with Gasteiger partial charge in [-0.1, -0.05) is 6.07 Å². The topological polar surface area (TPSA) is 47.3 Å². The van der Waals surface area contributed by atoms with Crippen LogP contribution >= 0.6 is 0 Å². The van der Waals surface area contributed by atoms with E-state index in [0.717, 1.165) is 31.5 Å². The Morgan fingerprint density at radius 3 is 3.05 bits per heavy atom. The van der Waals surface area contributed by atoms with E-state index in [9.17, 15) is 9.50 Å². The third kappa shape index (κ3) is 3.52. The molecule has 0 aliphatic carbocycles. The van der Waals surface area contributed by atoms with Gasteiger partial charge in [-0.15, -0.1) is 0 Å². The quantitative estimate of drug-likeness (QED) is 0.909. The van der Waals surface area contributed by atoms with Crippen molar-refractivity contribution >= 4 is 0 Å². The van der Waals surface area contributed by atoms with Gasteiger partial charge in [0.15, 0.2) is 0 Å². The summed E-state index contributed by atoms with van der Waals surface area (Å²) in [5.41, 5.74) is 1.05. The smallest absolute Gasteiger partial charge is 0.140 e. The van der Waals surface area contributed by atoms with Crippen molar-refractivity contribution in [3.05, 3.63) is 35.1 Å². The summed E-state index contributed by atoms with van der Waals surface area (Å²) in [7, 11) is 0. The van der Waals surface area contributed by atoms with Gasteiger partial charge in [0.1, 0.15) is 11.9 Å². The van der Waals surface area contributed by atoms with Gasteiger partial charge in [-0.05, 0) is 49.9 Å². The van der Waals surface area contributed by atoms with E-state index >= 15 is 0 Å². The second kappa shape index (κ2) is 6.14. The number of hydrogen-bond donors (Lipinski definition) is 1. The van der Waals surface area contributed by atoms with Gasteiger partial charge in [0.05, 0.1) is 11.7 Å². The largest absolute Gasteiger partial charge is 0.393 e. The monoisotopic (exact) mass is 262 g/mol. The number of likely N-dealkylation sites (tertiary alicyclic amines) is 1. The number of halogens is 1. The molecule has 1 aromatic rings. The highest BCUT2D eigenvalue weighted by Gasteiger charge is 2.23. The first-order valence-corrected chi connectivity index (χ1v) is 6.69. The summed E-state index contributed by atoms with van der Waals surface area (Å²) in [5, 5.41) is 18.5. The molecule has 0 saturated carbocycles. The van der Waals surface area contributed by atoms with E-state index in [1.807, 2.05) is 13.0 Å². The van der Waals surface area contributed by atoms with E-state index in [2.05, 4.69) is 4.90 Å². The fourth-order valence-corrected chi connectivity index (χ4v) is 2.64. The van der Waals surface area contributed by atoms with Gasteiger partial charge in [-0.3, -0.25) is 4.90 Å². The summed E-state index contributed by atoms with van der Waals surface area (Å²) in [6, 6.07) is 6.55. The number of nitrogens with zero attached hydrogens (tertiary/aromatic N) is 2. The molecule has 1 aliphatic rings. The van der Waals surface area contributed by atoms with Crippen LogP contribution in [-0.2, 0) is 6.54 Å². The normalized spacial score (nSPS) is 21.9. The molecule has 0 aromatic heterocycles. The van der Waals surface area contributed by atoms with E-state index in [-0.39, 0.29) is 11.7 Å². The fourth-order valence-electron chi connectivity index (χ4n) is 2.64. The molecule has 2 atom stereocenters. The van der Waals surface area contributed by atoms with Crippen LogP contribution in [0.25, 0.3) is 0 Å². The molecule has 1 aliphatic heterocycles. The lowest BCUT2D eigenvalue weighted by molar-refractivity contribution is 0.0599. The van der Waals surface area contributed by atoms with Crippen molar-refractivity contribution in [2.45, 2.75) is 32.4 Å². The highest BCUT2D eigenvalue weighted by molar-refractivity contribution is 5.34. The van der Waals surface area contributed by atoms with Crippen molar-refractivity contribution in [3.63, 3.8) is 0 Å². The van der Waals surface area contributed by atoms with Crippen LogP contribution < -0.4 is 0 Å². The van der Waals surface area contributed by atoms with Crippen LogP contribution in [0, 0.1) is 23.1 Å². The molecular formula is C15H19FN2O. The maximum atomic E-state index is 13.2. The predicted octanol–water partition coefficient (Wildman–Crippen LogP) is 2.29. The van der Waals surface area contributed by atoms with Gasteiger partial charge in [-0.25, -0.2) is 4.39 Å². The summed E-state index contributed by atoms with van der Waals surface area (Å²) >= 11 is 0. The van der Waals surface area contributed by atoms with Crippen LogP contribution in [0.3, 0.4) is 0 Å². The Labute approximate surface area is 113 Å². The SMILES string of the molecule is CC(O)C1CCCN(Cc2ccc(F)c(C#N)c2)C1. The molecule has 1 aromatic carbocycles. The minimum atomic E-state index is -0.466. The number of nitriles is 1. The maximum absolute atomic E-state index is 13.2. The lowest BCUT2D eigenvalue weighted by atomic mass is 9.93. The minimum Gasteiger partial charge on any atom is -0.393 e. The number of benzene rings is 1. The standard InChI is InChI=1S/C15H19FN2O/c1-11(19)13-3-2-6-18(10-13)9-12-4-5-15(16)14(7-12)8-17/h4-5,7,11,13,19H,2-3,6,9-10H2,1H3. The Morgan fingerprint density at radius 2 is 2.37 bits per heavy atom. The molecule has 2 unspecified atom stereocenters. The Bertz CT molecular complexity index is 482. The first kappa shape index (κ1) is 14.0. The number of aliphatic hydroxyl groups is 1. The average Bonchev–Trinajstić information content (AvgIpc) is 2.41. The van der Waals surface area contributed by atoms with Crippen LogP contribution in [0.2, 0.25) is 0 Å². The molecule has 1 N–H and O–H groups in total. The summed E-state index contributed by atoms with van der Waals surface area (Å²) in [6.45, 7) is 4.39. The molecular weight excluding hydrogens is 243 g/mol. The average molecular weight is 262 g/mol. The van der Waals surface area contributed by atoms with Crippen molar-refractivity contribution in [1.82, 2.24) is 4.90 Å². The zero-order chi connectivity index (χ0) is 13.8. The molecule has 0 bridgehead atoms. The Morgan fingerprint density at radius 1 is 1.58 bits per heavy atom. The lowest BCUT2D eigenvalue weighted by Gasteiger charge is -2.34. The van der Waals surface area contributed by atoms with Crippen molar-refractivity contribution < 1.29 is 9.50 Å². The molecule has 0 spiro atoms. The summed E-state index contributed by atoms with van der Waals surface area (Å²) in [5.74, 6) is -0.156. The maximum Gasteiger partial charge on any atom is 0.140 e. The van der Waals surface area contributed by atoms with Crippen LogP contribution in [0.5, 0.6) is 0 Å². The van der Waals surface area contributed by atoms with Crippen molar-refractivity contribution in [2.75, 3.05) is 13.1 Å². The molecule has 1 saturated heterocycles. The molecule has 4 heteroatoms. The fraction of sp³-hybridized carbons (Fsp3) is 0.533. The third-order valence-electron chi connectivity index (χ3n) is 3.78. The number of piperidine rings is 1. The molecule has 1 fully saturated rings. The molecule has 0 radical (unpaired) electrons. The van der Waals surface area contributed by atoms with E-state index in [0.29, 0.717) is 12.5 Å². The zero-order valence-electron chi connectivity index (χ0n) is 11.1. The highest BCUT2D eigenvalue weighted by Crippen LogP contribution is 2.21. The van der Waals surface area contributed by atoms with Gasteiger partial charge >= 0.3 is 0 Å². The van der Waals surface area contributed by atoms with Crippen LogP contribution in [0.15, 0.2) is 18.2 Å². The van der Waals surface area contributed by atoms with E-state index in [1.54, 1.807) is 12.1 Å². The van der Waals surface area contributed by atoms with Crippen molar-refractivity contribution in [3.8, 4) is 6.07 Å². The molecule has 19 heavy (non-hydrogen) atoms. The summed E-state index contributed by atoms with van der Waals surface area (Å²) in [6.07, 6.45) is 1.84. The first-order valence-electron chi connectivity index (χ1n) is 6.69. The molecule has 2 rings (SSSR count). The van der Waals surface area contributed by atoms with Crippen molar-refractivity contribution in [1.29, 1.82) is 5.26 Å². The molecule has 102 valence electrons.